The fourth-order valence-corrected chi connectivity index (χ4v) is 1.90. The van der Waals surface area contributed by atoms with Crippen molar-refractivity contribution in [3.05, 3.63) is 34.9 Å². The molecule has 1 aliphatic rings. The molecule has 1 aromatic carbocycles. The van der Waals surface area contributed by atoms with Gasteiger partial charge in [0.05, 0.1) is 6.04 Å². The van der Waals surface area contributed by atoms with Gasteiger partial charge in [0.2, 0.25) is 0 Å². The van der Waals surface area contributed by atoms with E-state index in [0.29, 0.717) is 11.4 Å². The molecule has 2 unspecified atom stereocenters. The van der Waals surface area contributed by atoms with Crippen LogP contribution in [0.5, 0.6) is 0 Å². The molecule has 0 aliphatic carbocycles. The maximum atomic E-state index is 13.3. The van der Waals surface area contributed by atoms with Crippen LogP contribution in [-0.2, 0) is 0 Å². The Morgan fingerprint density at radius 3 is 2.79 bits per heavy atom. The molecule has 0 saturated carbocycles. The van der Waals surface area contributed by atoms with Crippen LogP contribution in [0.15, 0.2) is 24.3 Å². The molecule has 2 rings (SSSR count). The Hall–Kier alpha value is -0.310. The minimum absolute atomic E-state index is 0. The molecule has 0 aromatic heterocycles. The Morgan fingerprint density at radius 1 is 1.43 bits per heavy atom. The van der Waals surface area contributed by atoms with Gasteiger partial charge in [-0.15, -0.1) is 12.4 Å². The smallest absolute Gasteiger partial charge is 0.121 e. The van der Waals surface area contributed by atoms with Crippen LogP contribution in [-0.4, -0.2) is 12.7 Å². The predicted molar refractivity (Wildman–Crippen MR) is 59.0 cm³/mol. The van der Waals surface area contributed by atoms with Crippen LogP contribution in [0.2, 0.25) is 5.02 Å². The highest BCUT2D eigenvalue weighted by Crippen LogP contribution is 2.27. The first-order valence-corrected chi connectivity index (χ1v) is 4.78. The number of benzene rings is 1. The molecule has 2 atom stereocenters. The van der Waals surface area contributed by atoms with Gasteiger partial charge in [0.1, 0.15) is 6.17 Å². The fraction of sp³-hybridized carbons (Fsp3) is 0.400. The minimum atomic E-state index is -0.779. The summed E-state index contributed by atoms with van der Waals surface area (Å²) in [6, 6.07) is 7.20. The summed E-state index contributed by atoms with van der Waals surface area (Å²) < 4.78 is 13.3. The van der Waals surface area contributed by atoms with E-state index in [0.717, 1.165) is 12.1 Å². The number of nitrogens with one attached hydrogen (secondary N) is 1. The quantitative estimate of drug-likeness (QED) is 0.789. The zero-order chi connectivity index (χ0) is 9.26. The molecule has 0 radical (unpaired) electrons. The molecule has 1 aliphatic heterocycles. The van der Waals surface area contributed by atoms with Gasteiger partial charge in [-0.25, -0.2) is 4.39 Å². The topological polar surface area (TPSA) is 12.0 Å². The Labute approximate surface area is 94.1 Å². The highest BCUT2D eigenvalue weighted by molar-refractivity contribution is 6.30. The van der Waals surface area contributed by atoms with E-state index in [2.05, 4.69) is 5.32 Å². The third-order valence-corrected chi connectivity index (χ3v) is 2.59. The lowest BCUT2D eigenvalue weighted by atomic mass is 10.0. The molecule has 1 nitrogen and oxygen atoms in total. The normalized spacial score (nSPS) is 25.9. The van der Waals surface area contributed by atoms with E-state index in [-0.39, 0.29) is 18.4 Å². The maximum Gasteiger partial charge on any atom is 0.121 e. The monoisotopic (exact) mass is 235 g/mol. The summed E-state index contributed by atoms with van der Waals surface area (Å²) in [5, 5.41) is 3.78. The van der Waals surface area contributed by atoms with E-state index < -0.39 is 6.17 Å². The molecule has 1 fully saturated rings. The van der Waals surface area contributed by atoms with Crippen molar-refractivity contribution in [3.63, 3.8) is 0 Å². The molecule has 1 N–H and O–H groups in total. The Bertz CT molecular complexity index is 306. The minimum Gasteiger partial charge on any atom is -0.307 e. The largest absolute Gasteiger partial charge is 0.307 e. The Kier molecular flexibility index (Phi) is 4.17. The second-order valence-corrected chi connectivity index (χ2v) is 3.73. The molecule has 0 bridgehead atoms. The highest BCUT2D eigenvalue weighted by Gasteiger charge is 2.27. The average Bonchev–Trinajstić information content (AvgIpc) is 2.51. The second kappa shape index (κ2) is 4.96. The van der Waals surface area contributed by atoms with Crippen molar-refractivity contribution in [2.45, 2.75) is 18.6 Å². The van der Waals surface area contributed by atoms with Crippen LogP contribution in [0.1, 0.15) is 18.0 Å². The van der Waals surface area contributed by atoms with E-state index in [9.17, 15) is 4.39 Å². The summed E-state index contributed by atoms with van der Waals surface area (Å²) in [5.41, 5.74) is 0.942. The van der Waals surface area contributed by atoms with Gasteiger partial charge >= 0.3 is 0 Å². The van der Waals surface area contributed by atoms with Gasteiger partial charge in [0.25, 0.3) is 0 Å². The van der Waals surface area contributed by atoms with Crippen molar-refractivity contribution in [2.24, 2.45) is 0 Å². The lowest BCUT2D eigenvalue weighted by Crippen LogP contribution is -2.18. The summed E-state index contributed by atoms with van der Waals surface area (Å²) in [6.07, 6.45) is -0.185. The number of halogens is 3. The van der Waals surface area contributed by atoms with E-state index in [1.54, 1.807) is 6.07 Å². The van der Waals surface area contributed by atoms with Gasteiger partial charge in [-0.3, -0.25) is 0 Å². The average molecular weight is 236 g/mol. The molecule has 1 heterocycles. The molecule has 78 valence electrons. The van der Waals surface area contributed by atoms with Crippen molar-refractivity contribution in [1.29, 1.82) is 0 Å². The van der Waals surface area contributed by atoms with Crippen LogP contribution in [0.25, 0.3) is 0 Å². The van der Waals surface area contributed by atoms with E-state index >= 15 is 0 Å². The molecule has 14 heavy (non-hydrogen) atoms. The van der Waals surface area contributed by atoms with Crippen LogP contribution in [0, 0.1) is 0 Å². The van der Waals surface area contributed by atoms with Crippen LogP contribution in [0.4, 0.5) is 4.39 Å². The van der Waals surface area contributed by atoms with Crippen molar-refractivity contribution in [1.82, 2.24) is 5.32 Å². The van der Waals surface area contributed by atoms with Crippen LogP contribution < -0.4 is 5.32 Å². The first-order valence-electron chi connectivity index (χ1n) is 4.40. The SMILES string of the molecule is Cl.FC1CCNC1c1cccc(Cl)c1. The molecule has 4 heteroatoms. The summed E-state index contributed by atoms with van der Waals surface area (Å²) in [7, 11) is 0. The standard InChI is InChI=1S/C10H11ClFN.ClH/c11-8-3-1-2-7(6-8)10-9(12)4-5-13-10;/h1-3,6,9-10,13H,4-5H2;1H. The van der Waals surface area contributed by atoms with Crippen molar-refractivity contribution < 1.29 is 4.39 Å². The molecule has 0 spiro atoms. The Balaban J connectivity index is 0.000000980. The third kappa shape index (κ3) is 2.38. The van der Waals surface area contributed by atoms with Gasteiger partial charge in [-0.1, -0.05) is 23.7 Å². The predicted octanol–water partition coefficient (Wildman–Crippen LogP) is 3.13. The number of hydrogen-bond donors (Lipinski definition) is 1. The van der Waals surface area contributed by atoms with E-state index in [1.807, 2.05) is 18.2 Å². The van der Waals surface area contributed by atoms with Gasteiger partial charge in [-0.2, -0.15) is 0 Å². The summed E-state index contributed by atoms with van der Waals surface area (Å²) in [4.78, 5) is 0. The molecular weight excluding hydrogens is 224 g/mol. The highest BCUT2D eigenvalue weighted by atomic mass is 35.5. The van der Waals surface area contributed by atoms with Crippen molar-refractivity contribution >= 4 is 24.0 Å². The van der Waals surface area contributed by atoms with E-state index in [1.165, 1.54) is 0 Å². The van der Waals surface area contributed by atoms with E-state index in [4.69, 9.17) is 11.6 Å². The molecular formula is C10H12Cl2FN. The zero-order valence-electron chi connectivity index (χ0n) is 7.54. The Morgan fingerprint density at radius 2 is 2.21 bits per heavy atom. The van der Waals surface area contributed by atoms with Crippen molar-refractivity contribution in [2.75, 3.05) is 6.54 Å². The van der Waals surface area contributed by atoms with Crippen molar-refractivity contribution in [3.8, 4) is 0 Å². The molecule has 0 amide bonds. The number of hydrogen-bond acceptors (Lipinski definition) is 1. The summed E-state index contributed by atoms with van der Waals surface area (Å²) in [5.74, 6) is 0. The fourth-order valence-electron chi connectivity index (χ4n) is 1.70. The first kappa shape index (κ1) is 11.8. The lowest BCUT2D eigenvalue weighted by Gasteiger charge is -2.13. The van der Waals surface area contributed by atoms with Gasteiger partial charge in [0, 0.05) is 5.02 Å². The summed E-state index contributed by atoms with van der Waals surface area (Å²) in [6.45, 7) is 0.748. The first-order chi connectivity index (χ1) is 6.27. The van der Waals surface area contributed by atoms with Gasteiger partial charge in [-0.05, 0) is 30.7 Å². The zero-order valence-corrected chi connectivity index (χ0v) is 9.11. The van der Waals surface area contributed by atoms with Gasteiger partial charge < -0.3 is 5.32 Å². The number of alkyl halides is 1. The molecule has 1 saturated heterocycles. The third-order valence-electron chi connectivity index (χ3n) is 2.35. The lowest BCUT2D eigenvalue weighted by molar-refractivity contribution is 0.304. The van der Waals surface area contributed by atoms with Crippen LogP contribution in [0.3, 0.4) is 0 Å². The van der Waals surface area contributed by atoms with Crippen LogP contribution >= 0.6 is 24.0 Å². The molecule has 1 aromatic rings. The second-order valence-electron chi connectivity index (χ2n) is 3.29. The summed E-state index contributed by atoms with van der Waals surface area (Å²) >= 11 is 5.82. The maximum absolute atomic E-state index is 13.3. The number of rotatable bonds is 1. The van der Waals surface area contributed by atoms with Gasteiger partial charge in [0.15, 0.2) is 0 Å².